The summed E-state index contributed by atoms with van der Waals surface area (Å²) in [6.07, 6.45) is 1.36. The number of halogens is 3. The number of nitrogens with zero attached hydrogens (tertiary/aromatic N) is 2. The van der Waals surface area contributed by atoms with Crippen LogP contribution in [0.15, 0.2) is 57.7 Å². The van der Waals surface area contributed by atoms with E-state index in [9.17, 15) is 4.39 Å². The van der Waals surface area contributed by atoms with Crippen LogP contribution in [-0.2, 0) is 0 Å². The van der Waals surface area contributed by atoms with Crippen LogP contribution in [0.4, 0.5) is 33.1 Å². The van der Waals surface area contributed by atoms with E-state index in [0.717, 1.165) is 10.2 Å². The van der Waals surface area contributed by atoms with Gasteiger partial charge in [-0.15, -0.1) is 0 Å². The Morgan fingerprint density at radius 1 is 0.917 bits per heavy atom. The average molecular weight is 453 g/mol. The van der Waals surface area contributed by atoms with Gasteiger partial charge in [0.25, 0.3) is 0 Å². The predicted molar refractivity (Wildman–Crippen MR) is 101 cm³/mol. The second-order valence-corrected chi connectivity index (χ2v) is 6.70. The van der Waals surface area contributed by atoms with E-state index in [4.69, 9.17) is 5.73 Å². The summed E-state index contributed by atoms with van der Waals surface area (Å²) in [5, 5.41) is 6.00. The Labute approximate surface area is 154 Å². The lowest BCUT2D eigenvalue weighted by Gasteiger charge is -2.13. The van der Waals surface area contributed by atoms with Gasteiger partial charge in [-0.25, -0.2) is 14.4 Å². The number of anilines is 5. The lowest BCUT2D eigenvalue weighted by molar-refractivity contribution is 0.631. The smallest absolute Gasteiger partial charge is 0.159 e. The van der Waals surface area contributed by atoms with Crippen molar-refractivity contribution in [2.75, 3.05) is 16.4 Å². The Morgan fingerprint density at radius 2 is 1.62 bits per heavy atom. The number of nitrogen functional groups attached to an aromatic ring is 1. The SMILES string of the molecule is Nc1c(Nc2cccc(Br)c2)ncnc1Nc1ccc(Br)cc1F. The van der Waals surface area contributed by atoms with E-state index in [1.165, 1.54) is 12.4 Å². The number of hydrogen-bond acceptors (Lipinski definition) is 5. The van der Waals surface area contributed by atoms with Crippen LogP contribution in [0.1, 0.15) is 0 Å². The van der Waals surface area contributed by atoms with E-state index < -0.39 is 5.82 Å². The molecule has 0 amide bonds. The highest BCUT2D eigenvalue weighted by Crippen LogP contribution is 2.30. The summed E-state index contributed by atoms with van der Waals surface area (Å²) in [6, 6.07) is 12.3. The Morgan fingerprint density at radius 3 is 2.33 bits per heavy atom. The Hall–Kier alpha value is -2.19. The number of hydrogen-bond donors (Lipinski definition) is 3. The van der Waals surface area contributed by atoms with Crippen molar-refractivity contribution in [3.63, 3.8) is 0 Å². The van der Waals surface area contributed by atoms with Gasteiger partial charge in [0.15, 0.2) is 11.6 Å². The molecule has 8 heteroatoms. The standard InChI is InChI=1S/C16H12Br2FN5/c17-9-2-1-3-11(6-9)23-15-14(20)16(22-8-21-15)24-13-5-4-10(18)7-12(13)19/h1-8H,20H2,(H2,21,22,23,24). The number of benzene rings is 2. The summed E-state index contributed by atoms with van der Waals surface area (Å²) in [4.78, 5) is 8.22. The monoisotopic (exact) mass is 451 g/mol. The van der Waals surface area contributed by atoms with Crippen LogP contribution in [0.5, 0.6) is 0 Å². The molecular formula is C16H12Br2FN5. The molecule has 24 heavy (non-hydrogen) atoms. The van der Waals surface area contributed by atoms with Gasteiger partial charge in [-0.1, -0.05) is 37.9 Å². The van der Waals surface area contributed by atoms with Crippen molar-refractivity contribution in [3.05, 3.63) is 63.6 Å². The van der Waals surface area contributed by atoms with Crippen molar-refractivity contribution >= 4 is 60.6 Å². The third kappa shape index (κ3) is 3.82. The fourth-order valence-corrected chi connectivity index (χ4v) is 2.75. The Bertz CT molecular complexity index is 888. The minimum Gasteiger partial charge on any atom is -0.393 e. The zero-order chi connectivity index (χ0) is 17.1. The summed E-state index contributed by atoms with van der Waals surface area (Å²) in [7, 11) is 0. The second kappa shape index (κ2) is 7.14. The molecule has 3 aromatic rings. The molecule has 3 rings (SSSR count). The summed E-state index contributed by atoms with van der Waals surface area (Å²) in [5.41, 5.74) is 7.49. The number of nitrogens with one attached hydrogen (secondary N) is 2. The first kappa shape index (κ1) is 16.7. The number of rotatable bonds is 4. The van der Waals surface area contributed by atoms with Crippen LogP contribution in [0.3, 0.4) is 0 Å². The zero-order valence-electron chi connectivity index (χ0n) is 12.2. The molecule has 0 aliphatic heterocycles. The molecule has 122 valence electrons. The van der Waals surface area contributed by atoms with Crippen LogP contribution >= 0.6 is 31.9 Å². The van der Waals surface area contributed by atoms with E-state index in [-0.39, 0.29) is 5.69 Å². The van der Waals surface area contributed by atoms with Crippen molar-refractivity contribution in [1.29, 1.82) is 0 Å². The average Bonchev–Trinajstić information content (AvgIpc) is 2.54. The quantitative estimate of drug-likeness (QED) is 0.506. The lowest BCUT2D eigenvalue weighted by atomic mass is 10.3. The van der Waals surface area contributed by atoms with Crippen molar-refractivity contribution < 1.29 is 4.39 Å². The maximum absolute atomic E-state index is 14.0. The van der Waals surface area contributed by atoms with Crippen molar-refractivity contribution in [2.24, 2.45) is 0 Å². The van der Waals surface area contributed by atoms with Crippen LogP contribution in [-0.4, -0.2) is 9.97 Å². The van der Waals surface area contributed by atoms with Crippen LogP contribution in [0.25, 0.3) is 0 Å². The molecule has 0 aliphatic carbocycles. The fraction of sp³-hybridized carbons (Fsp3) is 0. The van der Waals surface area contributed by atoms with E-state index in [1.807, 2.05) is 24.3 Å². The van der Waals surface area contributed by atoms with Gasteiger partial charge in [0.05, 0.1) is 5.69 Å². The van der Waals surface area contributed by atoms with Crippen LogP contribution < -0.4 is 16.4 Å². The minimum absolute atomic E-state index is 0.275. The van der Waals surface area contributed by atoms with Crippen molar-refractivity contribution in [1.82, 2.24) is 9.97 Å². The summed E-state index contributed by atoms with van der Waals surface area (Å²) >= 11 is 6.62. The lowest BCUT2D eigenvalue weighted by Crippen LogP contribution is -2.06. The highest BCUT2D eigenvalue weighted by atomic mass is 79.9. The third-order valence-corrected chi connectivity index (χ3v) is 4.14. The molecule has 0 fully saturated rings. The molecule has 1 aromatic heterocycles. The molecular weight excluding hydrogens is 441 g/mol. The van der Waals surface area contributed by atoms with E-state index in [2.05, 4.69) is 52.5 Å². The minimum atomic E-state index is -0.413. The molecule has 0 saturated carbocycles. The van der Waals surface area contributed by atoms with Gasteiger partial charge in [0.1, 0.15) is 17.8 Å². The van der Waals surface area contributed by atoms with E-state index in [0.29, 0.717) is 21.8 Å². The first-order valence-electron chi connectivity index (χ1n) is 6.88. The van der Waals surface area contributed by atoms with Crippen molar-refractivity contribution in [3.8, 4) is 0 Å². The first-order valence-corrected chi connectivity index (χ1v) is 8.46. The highest BCUT2D eigenvalue weighted by molar-refractivity contribution is 9.10. The Balaban J connectivity index is 1.88. The van der Waals surface area contributed by atoms with Gasteiger partial charge >= 0.3 is 0 Å². The van der Waals surface area contributed by atoms with Gasteiger partial charge in [0, 0.05) is 14.6 Å². The van der Waals surface area contributed by atoms with Crippen LogP contribution in [0, 0.1) is 5.82 Å². The molecule has 0 saturated heterocycles. The first-order chi connectivity index (χ1) is 11.5. The topological polar surface area (TPSA) is 75.9 Å². The maximum Gasteiger partial charge on any atom is 0.159 e. The predicted octanol–water partition coefficient (Wildman–Crippen LogP) is 5.21. The molecule has 5 nitrogen and oxygen atoms in total. The van der Waals surface area contributed by atoms with Gasteiger partial charge in [-0.3, -0.25) is 0 Å². The van der Waals surface area contributed by atoms with Crippen molar-refractivity contribution in [2.45, 2.75) is 0 Å². The summed E-state index contributed by atoms with van der Waals surface area (Å²) in [6.45, 7) is 0. The molecule has 0 bridgehead atoms. The zero-order valence-corrected chi connectivity index (χ0v) is 15.4. The molecule has 0 radical (unpaired) electrons. The summed E-state index contributed by atoms with van der Waals surface area (Å²) in [5.74, 6) is 0.343. The molecule has 0 unspecified atom stereocenters. The molecule has 2 aromatic carbocycles. The molecule has 0 atom stereocenters. The van der Waals surface area contributed by atoms with Gasteiger partial charge in [-0.05, 0) is 36.4 Å². The normalized spacial score (nSPS) is 10.5. The van der Waals surface area contributed by atoms with E-state index in [1.54, 1.807) is 12.1 Å². The van der Waals surface area contributed by atoms with E-state index >= 15 is 0 Å². The largest absolute Gasteiger partial charge is 0.393 e. The second-order valence-electron chi connectivity index (χ2n) is 4.87. The number of aromatic nitrogens is 2. The maximum atomic E-state index is 14.0. The summed E-state index contributed by atoms with van der Waals surface area (Å²) < 4.78 is 15.5. The van der Waals surface area contributed by atoms with Gasteiger partial charge in [0.2, 0.25) is 0 Å². The fourth-order valence-electron chi connectivity index (χ4n) is 2.02. The molecule has 0 spiro atoms. The van der Waals surface area contributed by atoms with Gasteiger partial charge < -0.3 is 16.4 Å². The molecule has 0 aliphatic rings. The molecule has 4 N–H and O–H groups in total. The highest BCUT2D eigenvalue weighted by Gasteiger charge is 2.11. The van der Waals surface area contributed by atoms with Gasteiger partial charge in [-0.2, -0.15) is 0 Å². The molecule has 1 heterocycles. The number of nitrogens with two attached hydrogens (primary N) is 1. The Kier molecular flexibility index (Phi) is 4.96. The van der Waals surface area contributed by atoms with Crippen LogP contribution in [0.2, 0.25) is 0 Å². The third-order valence-electron chi connectivity index (χ3n) is 3.16.